The third kappa shape index (κ3) is 12.4. The highest BCUT2D eigenvalue weighted by molar-refractivity contribution is 4.92. The predicted molar refractivity (Wildman–Crippen MR) is 141 cm³/mol. The molecule has 0 radical (unpaired) electrons. The molecule has 0 N–H and O–H groups in total. The van der Waals surface area contributed by atoms with Crippen LogP contribution in [0, 0.1) is 29.1 Å². The second-order valence-corrected chi connectivity index (χ2v) is 10.5. The molecule has 0 fully saturated rings. The number of hydrogen-bond acceptors (Lipinski definition) is 6. The van der Waals surface area contributed by atoms with E-state index in [1.54, 1.807) is 0 Å². The molecule has 1 aromatic heterocycles. The molecule has 0 saturated heterocycles. The molecule has 1 rings (SSSR count). The van der Waals surface area contributed by atoms with Crippen LogP contribution in [0.2, 0.25) is 0 Å². The lowest BCUT2D eigenvalue weighted by Crippen LogP contribution is -2.40. The van der Waals surface area contributed by atoms with E-state index in [1.807, 2.05) is 10.9 Å². The first-order valence-electron chi connectivity index (χ1n) is 13.4. The molecule has 0 amide bonds. The van der Waals surface area contributed by atoms with Crippen LogP contribution in [-0.2, 0) is 31.9 Å². The lowest BCUT2D eigenvalue weighted by Gasteiger charge is -2.37. The zero-order valence-corrected chi connectivity index (χ0v) is 23.5. The van der Waals surface area contributed by atoms with Crippen molar-refractivity contribution in [3.05, 3.63) is 11.9 Å². The van der Waals surface area contributed by atoms with Gasteiger partial charge in [-0.25, -0.2) is 0 Å². The van der Waals surface area contributed by atoms with Crippen LogP contribution in [0.25, 0.3) is 0 Å². The topological polar surface area (TPSA) is 67.6 Å². The Balaban J connectivity index is 2.73. The molecule has 35 heavy (non-hydrogen) atoms. The molecule has 202 valence electrons. The summed E-state index contributed by atoms with van der Waals surface area (Å²) in [6, 6.07) is 0. The maximum atomic E-state index is 6.46. The van der Waals surface area contributed by atoms with Gasteiger partial charge in [-0.15, -0.1) is 17.4 Å². The van der Waals surface area contributed by atoms with Gasteiger partial charge in [0.05, 0.1) is 58.0 Å². The lowest BCUT2D eigenvalue weighted by atomic mass is 9.79. The fourth-order valence-electron chi connectivity index (χ4n) is 4.13. The Hall–Kier alpha value is -1.46. The lowest BCUT2D eigenvalue weighted by molar-refractivity contribution is -0.105. The quantitative estimate of drug-likeness (QED) is 0.174. The normalized spacial score (nSPS) is 15.3. The number of ether oxygens (including phenoxy) is 4. The van der Waals surface area contributed by atoms with Crippen molar-refractivity contribution in [3.8, 4) is 12.3 Å². The van der Waals surface area contributed by atoms with Crippen molar-refractivity contribution in [1.29, 1.82) is 0 Å². The summed E-state index contributed by atoms with van der Waals surface area (Å²) in [5.41, 5.74) is 0.747. The molecule has 7 heteroatoms. The van der Waals surface area contributed by atoms with Crippen molar-refractivity contribution in [1.82, 2.24) is 15.0 Å². The first-order chi connectivity index (χ1) is 16.7. The Kier molecular flexibility index (Phi) is 15.4. The molecule has 0 bridgehead atoms. The van der Waals surface area contributed by atoms with Crippen LogP contribution in [0.4, 0.5) is 0 Å². The highest BCUT2D eigenvalue weighted by atomic mass is 16.5. The van der Waals surface area contributed by atoms with Gasteiger partial charge in [-0.2, -0.15) is 0 Å². The molecule has 7 nitrogen and oxygen atoms in total. The average molecular weight is 494 g/mol. The maximum Gasteiger partial charge on any atom is 0.0850 e. The van der Waals surface area contributed by atoms with E-state index in [2.05, 4.69) is 64.7 Å². The number of rotatable bonds is 21. The van der Waals surface area contributed by atoms with E-state index < -0.39 is 0 Å². The second kappa shape index (κ2) is 17.1. The van der Waals surface area contributed by atoms with Gasteiger partial charge in [0.1, 0.15) is 0 Å². The zero-order valence-electron chi connectivity index (χ0n) is 23.5. The van der Waals surface area contributed by atoms with Gasteiger partial charge >= 0.3 is 0 Å². The minimum atomic E-state index is -0.192. The van der Waals surface area contributed by atoms with E-state index in [4.69, 9.17) is 25.4 Å². The third-order valence-corrected chi connectivity index (χ3v) is 6.50. The molecular formula is C28H51N3O4. The SMILES string of the molecule is C#CCCOCC(CC)(COCC(CC)(COCCc1cn(CC)nn1)CC(C)C)COC(C)C. The second-order valence-electron chi connectivity index (χ2n) is 10.5. The van der Waals surface area contributed by atoms with Crippen LogP contribution in [0.15, 0.2) is 6.20 Å². The molecule has 1 heterocycles. The Morgan fingerprint density at radius 2 is 1.54 bits per heavy atom. The van der Waals surface area contributed by atoms with E-state index >= 15 is 0 Å². The average Bonchev–Trinajstić information content (AvgIpc) is 3.30. The molecule has 0 aromatic carbocycles. The monoisotopic (exact) mass is 493 g/mol. The fraction of sp³-hybridized carbons (Fsp3) is 0.857. The molecule has 0 aliphatic heterocycles. The van der Waals surface area contributed by atoms with Crippen LogP contribution in [-0.4, -0.2) is 67.3 Å². The van der Waals surface area contributed by atoms with Gasteiger partial charge in [-0.1, -0.05) is 32.9 Å². The van der Waals surface area contributed by atoms with Gasteiger partial charge in [0.25, 0.3) is 0 Å². The predicted octanol–water partition coefficient (Wildman–Crippen LogP) is 5.18. The molecule has 1 aromatic rings. The zero-order chi connectivity index (χ0) is 26.2. The number of nitrogens with zero attached hydrogens (tertiary/aromatic N) is 3. The number of hydrogen-bond donors (Lipinski definition) is 0. The van der Waals surface area contributed by atoms with Gasteiger partial charge < -0.3 is 18.9 Å². The summed E-state index contributed by atoms with van der Waals surface area (Å²) in [6.45, 7) is 20.2. The minimum absolute atomic E-state index is 0.0299. The minimum Gasteiger partial charge on any atom is -0.380 e. The van der Waals surface area contributed by atoms with Crippen LogP contribution in [0.1, 0.15) is 79.8 Å². The number of terminal acetylenes is 1. The summed E-state index contributed by atoms with van der Waals surface area (Å²) in [7, 11) is 0. The molecular weight excluding hydrogens is 442 g/mol. The molecule has 0 saturated carbocycles. The molecule has 0 aliphatic rings. The first-order valence-corrected chi connectivity index (χ1v) is 13.4. The Labute approximate surface area is 214 Å². The highest BCUT2D eigenvalue weighted by Crippen LogP contribution is 2.33. The third-order valence-electron chi connectivity index (χ3n) is 6.50. The molecule has 0 aliphatic carbocycles. The summed E-state index contributed by atoms with van der Waals surface area (Å²) < 4.78 is 26.5. The highest BCUT2D eigenvalue weighted by Gasteiger charge is 2.34. The molecule has 2 unspecified atom stereocenters. The molecule has 0 spiro atoms. The van der Waals surface area contributed by atoms with Gasteiger partial charge in [-0.3, -0.25) is 4.68 Å². The van der Waals surface area contributed by atoms with E-state index in [-0.39, 0.29) is 16.9 Å². The van der Waals surface area contributed by atoms with E-state index in [0.29, 0.717) is 58.6 Å². The first kappa shape index (κ1) is 31.6. The van der Waals surface area contributed by atoms with Crippen LogP contribution in [0.3, 0.4) is 0 Å². The Morgan fingerprint density at radius 3 is 2.11 bits per heavy atom. The van der Waals surface area contributed by atoms with Gasteiger partial charge in [0.2, 0.25) is 0 Å². The summed E-state index contributed by atoms with van der Waals surface area (Å²) in [5, 5.41) is 8.32. The largest absolute Gasteiger partial charge is 0.380 e. The van der Waals surface area contributed by atoms with Gasteiger partial charge in [-0.05, 0) is 46.0 Å². The fourth-order valence-corrected chi connectivity index (χ4v) is 4.13. The van der Waals surface area contributed by atoms with Gasteiger partial charge in [0.15, 0.2) is 0 Å². The van der Waals surface area contributed by atoms with Crippen LogP contribution in [0.5, 0.6) is 0 Å². The number of aryl methyl sites for hydroxylation is 1. The summed E-state index contributed by atoms with van der Waals surface area (Å²) in [6.07, 6.45) is 11.9. The van der Waals surface area contributed by atoms with Crippen molar-refractivity contribution in [2.24, 2.45) is 16.7 Å². The Bertz CT molecular complexity index is 715. The van der Waals surface area contributed by atoms with Crippen molar-refractivity contribution in [3.63, 3.8) is 0 Å². The number of aromatic nitrogens is 3. The Morgan fingerprint density at radius 1 is 0.914 bits per heavy atom. The summed E-state index contributed by atoms with van der Waals surface area (Å²) in [4.78, 5) is 0. The van der Waals surface area contributed by atoms with Crippen molar-refractivity contribution in [2.75, 3.05) is 46.2 Å². The van der Waals surface area contributed by atoms with Crippen LogP contribution < -0.4 is 0 Å². The van der Waals surface area contributed by atoms with Crippen molar-refractivity contribution in [2.45, 2.75) is 93.2 Å². The smallest absolute Gasteiger partial charge is 0.0850 e. The van der Waals surface area contributed by atoms with Crippen molar-refractivity contribution >= 4 is 0 Å². The van der Waals surface area contributed by atoms with Crippen molar-refractivity contribution < 1.29 is 18.9 Å². The van der Waals surface area contributed by atoms with E-state index in [1.165, 1.54) is 0 Å². The summed E-state index contributed by atoms with van der Waals surface area (Å²) >= 11 is 0. The van der Waals surface area contributed by atoms with E-state index in [0.717, 1.165) is 37.9 Å². The molecule has 2 atom stereocenters. The van der Waals surface area contributed by atoms with Gasteiger partial charge in [0, 0.05) is 36.4 Å². The standard InChI is InChI=1S/C28H51N3O4/c1-9-13-15-32-21-28(11-3,23-35-25(7)8)22-34-20-27(10-2,17-24(5)6)19-33-16-14-26-18-31(12-4)30-29-26/h1,18,24-25H,10-17,19-23H2,2-8H3. The van der Waals surface area contributed by atoms with E-state index in [9.17, 15) is 0 Å². The van der Waals surface area contributed by atoms with Crippen LogP contribution >= 0.6 is 0 Å². The maximum absolute atomic E-state index is 6.46. The summed E-state index contributed by atoms with van der Waals surface area (Å²) in [5.74, 6) is 3.19.